The molecule has 0 radical (unpaired) electrons. The Labute approximate surface area is 394 Å². The zero-order valence-corrected chi connectivity index (χ0v) is 37.7. The van der Waals surface area contributed by atoms with Crippen molar-refractivity contribution in [2.24, 2.45) is 23.7 Å². The average molecular weight is 861 g/mol. The molecule has 15 rings (SSSR count). The highest BCUT2D eigenvalue weighted by Gasteiger charge is 2.58. The molecule has 6 aliphatic rings. The third kappa shape index (κ3) is 5.63. The zero-order chi connectivity index (χ0) is 44.1. The van der Waals surface area contributed by atoms with Crippen LogP contribution in [0.1, 0.15) is 65.5 Å². The normalized spacial score (nSPS) is 21.9. The Balaban J connectivity index is 0.888. The molecule has 0 heterocycles. The molecule has 0 aromatic heterocycles. The van der Waals surface area contributed by atoms with Crippen LogP contribution < -0.4 is 9.80 Å². The van der Waals surface area contributed by atoms with Gasteiger partial charge in [-0.1, -0.05) is 158 Å². The van der Waals surface area contributed by atoms with Gasteiger partial charge in [-0.2, -0.15) is 0 Å². The van der Waals surface area contributed by atoms with Gasteiger partial charge in [0.1, 0.15) is 0 Å². The summed E-state index contributed by atoms with van der Waals surface area (Å²) < 4.78 is 0. The molecule has 4 saturated carbocycles. The third-order valence-corrected chi connectivity index (χ3v) is 16.9. The topological polar surface area (TPSA) is 6.48 Å². The van der Waals surface area contributed by atoms with Crippen LogP contribution in [0.3, 0.4) is 0 Å². The van der Waals surface area contributed by atoms with Crippen molar-refractivity contribution in [2.45, 2.75) is 42.9 Å². The second-order valence-corrected chi connectivity index (χ2v) is 20.1. The van der Waals surface area contributed by atoms with Crippen LogP contribution in [0, 0.1) is 23.7 Å². The standard InChI is InChI=1S/C65H52N2/c1-4-16-50(17-5-1)66(51-18-6-2-7-19-51)53-32-28-46(29-33-53)64(48-39-44-38-45(41-48)42-49(64)40-44)47-30-34-54(35-31-47)67(52-20-8-3-9-21-52)55-36-37-63-59(43-55)58-24-12-15-27-62(58)65(63)60-25-13-10-22-56(60)57-23-11-14-26-61(57)65/h1-37,43-45,48-49H,38-42H2. The summed E-state index contributed by atoms with van der Waals surface area (Å²) in [7, 11) is 0. The Hall–Kier alpha value is -7.42. The molecule has 0 unspecified atom stereocenters. The van der Waals surface area contributed by atoms with Crippen LogP contribution in [0.2, 0.25) is 0 Å². The highest BCUT2D eigenvalue weighted by atomic mass is 15.1. The summed E-state index contributed by atoms with van der Waals surface area (Å²) in [5.74, 6) is 3.01. The fraction of sp³-hybridized carbons (Fsp3) is 0.169. The van der Waals surface area contributed by atoms with Gasteiger partial charge in [0.15, 0.2) is 0 Å². The molecule has 322 valence electrons. The second-order valence-electron chi connectivity index (χ2n) is 20.1. The zero-order valence-electron chi connectivity index (χ0n) is 37.7. The molecular formula is C65H52N2. The molecule has 9 aromatic rings. The minimum absolute atomic E-state index is 0.0220. The van der Waals surface area contributed by atoms with Gasteiger partial charge in [0.2, 0.25) is 0 Å². The van der Waals surface area contributed by atoms with E-state index in [1.807, 2.05) is 0 Å². The number of hydrogen-bond acceptors (Lipinski definition) is 2. The fourth-order valence-corrected chi connectivity index (χ4v) is 14.7. The molecule has 4 bridgehead atoms. The fourth-order valence-electron chi connectivity index (χ4n) is 14.7. The highest BCUT2D eigenvalue weighted by molar-refractivity contribution is 5.96. The van der Waals surface area contributed by atoms with Crippen LogP contribution in [-0.2, 0) is 10.8 Å². The van der Waals surface area contributed by atoms with Crippen molar-refractivity contribution in [2.75, 3.05) is 9.80 Å². The quantitative estimate of drug-likeness (QED) is 0.150. The first kappa shape index (κ1) is 38.8. The van der Waals surface area contributed by atoms with Gasteiger partial charge in [-0.15, -0.1) is 0 Å². The van der Waals surface area contributed by atoms with Gasteiger partial charge in [-0.25, -0.2) is 0 Å². The monoisotopic (exact) mass is 860 g/mol. The Morgan fingerprint density at radius 1 is 0.284 bits per heavy atom. The van der Waals surface area contributed by atoms with Crippen molar-refractivity contribution in [3.63, 3.8) is 0 Å². The summed E-state index contributed by atoms with van der Waals surface area (Å²) >= 11 is 0. The maximum atomic E-state index is 2.52. The van der Waals surface area contributed by atoms with Gasteiger partial charge in [0.05, 0.1) is 5.41 Å². The molecular weight excluding hydrogens is 809 g/mol. The molecule has 6 aliphatic carbocycles. The van der Waals surface area contributed by atoms with E-state index in [0.717, 1.165) is 17.5 Å². The summed E-state index contributed by atoms with van der Waals surface area (Å²) in [4.78, 5) is 4.87. The van der Waals surface area contributed by atoms with E-state index >= 15 is 0 Å². The number of anilines is 6. The molecule has 0 amide bonds. The van der Waals surface area contributed by atoms with Crippen LogP contribution >= 0.6 is 0 Å². The lowest BCUT2D eigenvalue weighted by Gasteiger charge is -2.62. The predicted octanol–water partition coefficient (Wildman–Crippen LogP) is 16.7. The first-order chi connectivity index (χ1) is 33.2. The van der Waals surface area contributed by atoms with E-state index in [1.54, 1.807) is 0 Å². The van der Waals surface area contributed by atoms with Crippen LogP contribution in [0.4, 0.5) is 34.1 Å². The molecule has 0 saturated heterocycles. The average Bonchev–Trinajstić information content (AvgIpc) is 3.85. The highest BCUT2D eigenvalue weighted by Crippen LogP contribution is 2.66. The molecule has 0 N–H and O–H groups in total. The predicted molar refractivity (Wildman–Crippen MR) is 276 cm³/mol. The first-order valence-corrected chi connectivity index (χ1v) is 24.6. The van der Waals surface area contributed by atoms with Gasteiger partial charge >= 0.3 is 0 Å². The van der Waals surface area contributed by atoms with Crippen LogP contribution in [0.25, 0.3) is 22.3 Å². The Bertz CT molecular complexity index is 3190. The van der Waals surface area contributed by atoms with Crippen molar-refractivity contribution in [3.8, 4) is 22.3 Å². The molecule has 0 aliphatic heterocycles. The van der Waals surface area contributed by atoms with Crippen molar-refractivity contribution in [1.82, 2.24) is 0 Å². The summed E-state index contributed by atoms with van der Waals surface area (Å²) in [6, 6.07) is 86.9. The summed E-state index contributed by atoms with van der Waals surface area (Å²) in [6.07, 6.45) is 6.76. The number of benzene rings is 9. The van der Waals surface area contributed by atoms with Crippen molar-refractivity contribution < 1.29 is 0 Å². The lowest BCUT2D eigenvalue weighted by Crippen LogP contribution is -2.56. The Morgan fingerprint density at radius 2 is 0.612 bits per heavy atom. The molecule has 4 fully saturated rings. The van der Waals surface area contributed by atoms with E-state index in [0.29, 0.717) is 11.8 Å². The summed E-state index contributed by atoms with van der Waals surface area (Å²) in [5, 5.41) is 0. The van der Waals surface area contributed by atoms with Crippen LogP contribution in [0.15, 0.2) is 231 Å². The van der Waals surface area contributed by atoms with E-state index in [-0.39, 0.29) is 10.8 Å². The van der Waals surface area contributed by atoms with E-state index in [4.69, 9.17) is 0 Å². The third-order valence-electron chi connectivity index (χ3n) is 16.9. The summed E-state index contributed by atoms with van der Waals surface area (Å²) in [5.41, 5.74) is 20.4. The SMILES string of the molecule is c1ccc(N(c2ccccc2)c2ccc(C3(c4ccc(N(c5ccccc5)c5ccc6c(c5)-c5ccccc5C65c6ccccc6-c6ccccc65)cc4)C4CC5CC(C4)CC3C5)cc2)cc1. The second kappa shape index (κ2) is 15.1. The lowest BCUT2D eigenvalue weighted by atomic mass is 9.42. The molecule has 2 nitrogen and oxygen atoms in total. The molecule has 0 atom stereocenters. The minimum Gasteiger partial charge on any atom is -0.311 e. The van der Waals surface area contributed by atoms with Crippen molar-refractivity contribution >= 4 is 34.1 Å². The van der Waals surface area contributed by atoms with E-state index < -0.39 is 0 Å². The van der Waals surface area contributed by atoms with Gasteiger partial charge in [0.25, 0.3) is 0 Å². The van der Waals surface area contributed by atoms with Crippen LogP contribution in [-0.4, -0.2) is 0 Å². The molecule has 2 heteroatoms. The summed E-state index contributed by atoms with van der Waals surface area (Å²) in [6.45, 7) is 0. The largest absolute Gasteiger partial charge is 0.311 e. The molecule has 9 aromatic carbocycles. The smallest absolute Gasteiger partial charge is 0.0725 e. The molecule has 67 heavy (non-hydrogen) atoms. The van der Waals surface area contributed by atoms with Crippen molar-refractivity contribution in [3.05, 3.63) is 264 Å². The maximum Gasteiger partial charge on any atom is 0.0725 e. The van der Waals surface area contributed by atoms with E-state index in [2.05, 4.69) is 240 Å². The number of rotatable bonds is 8. The first-order valence-electron chi connectivity index (χ1n) is 24.6. The van der Waals surface area contributed by atoms with E-state index in [9.17, 15) is 0 Å². The van der Waals surface area contributed by atoms with Gasteiger partial charge in [-0.05, 0) is 184 Å². The lowest BCUT2D eigenvalue weighted by molar-refractivity contribution is -0.0418. The number of fused-ring (bicyclic) bond motifs is 10. The maximum absolute atomic E-state index is 2.52. The minimum atomic E-state index is -0.358. The van der Waals surface area contributed by atoms with Crippen molar-refractivity contribution in [1.29, 1.82) is 0 Å². The number of hydrogen-bond donors (Lipinski definition) is 0. The number of para-hydroxylation sites is 3. The van der Waals surface area contributed by atoms with Gasteiger partial charge in [-0.3, -0.25) is 0 Å². The van der Waals surface area contributed by atoms with Gasteiger partial charge < -0.3 is 9.80 Å². The Morgan fingerprint density at radius 3 is 1.04 bits per heavy atom. The van der Waals surface area contributed by atoms with Gasteiger partial charge in [0, 0.05) is 39.5 Å². The molecule has 1 spiro atoms. The van der Waals surface area contributed by atoms with E-state index in [1.165, 1.54) is 116 Å². The van der Waals surface area contributed by atoms with Crippen LogP contribution in [0.5, 0.6) is 0 Å². The number of nitrogens with zero attached hydrogens (tertiary/aromatic N) is 2. The Kier molecular flexibility index (Phi) is 8.72.